The molecule has 0 radical (unpaired) electrons. The Bertz CT molecular complexity index is 1860. The third kappa shape index (κ3) is 3.64. The van der Waals surface area contributed by atoms with Crippen molar-refractivity contribution in [1.82, 2.24) is 0 Å². The number of hydrogen-bond acceptors (Lipinski definition) is 7. The zero-order valence-corrected chi connectivity index (χ0v) is 22.5. The first-order valence-corrected chi connectivity index (χ1v) is 15.5. The normalized spacial score (nSPS) is 22.6. The van der Waals surface area contributed by atoms with Gasteiger partial charge in [0.1, 0.15) is 0 Å². The van der Waals surface area contributed by atoms with Crippen LogP contribution in [0.4, 0.5) is 0 Å². The third-order valence-electron chi connectivity index (χ3n) is 7.34. The van der Waals surface area contributed by atoms with Gasteiger partial charge in [0.2, 0.25) is 0 Å². The van der Waals surface area contributed by atoms with Crippen LogP contribution in [-0.2, 0) is 34.0 Å². The summed E-state index contributed by atoms with van der Waals surface area (Å²) in [5, 5.41) is 1.83. The molecular formula is C31H20O4S3-2. The monoisotopic (exact) mass is 552 g/mol. The Morgan fingerprint density at radius 2 is 1.71 bits per heavy atom. The number of thioether (sulfide) groups is 1. The van der Waals surface area contributed by atoms with E-state index in [-0.39, 0.29) is 11.6 Å². The van der Waals surface area contributed by atoms with Gasteiger partial charge in [-0.15, -0.1) is 31.3 Å². The molecule has 0 spiro atoms. The lowest BCUT2D eigenvalue weighted by atomic mass is 9.88. The molecular weight excluding hydrogens is 533 g/mol. The predicted molar refractivity (Wildman–Crippen MR) is 157 cm³/mol. The van der Waals surface area contributed by atoms with Crippen molar-refractivity contribution in [2.45, 2.75) is 11.3 Å². The van der Waals surface area contributed by atoms with E-state index in [0.29, 0.717) is 42.7 Å². The van der Waals surface area contributed by atoms with Crippen molar-refractivity contribution in [1.29, 1.82) is 0 Å². The van der Waals surface area contributed by atoms with Crippen LogP contribution in [0.2, 0.25) is 0 Å². The minimum atomic E-state index is -1.40. The van der Waals surface area contributed by atoms with E-state index in [1.165, 1.54) is 0 Å². The fourth-order valence-corrected chi connectivity index (χ4v) is 9.30. The van der Waals surface area contributed by atoms with Crippen LogP contribution in [0, 0.1) is 5.92 Å². The summed E-state index contributed by atoms with van der Waals surface area (Å²) >= 11 is 1.55. The number of ketones is 2. The molecule has 1 atom stereocenters. The molecule has 1 unspecified atom stereocenters. The molecule has 0 amide bonds. The van der Waals surface area contributed by atoms with Gasteiger partial charge in [-0.1, -0.05) is 78.9 Å². The van der Waals surface area contributed by atoms with Gasteiger partial charge in [-0.2, -0.15) is 0 Å². The van der Waals surface area contributed by atoms with E-state index in [0.717, 1.165) is 28.0 Å². The van der Waals surface area contributed by atoms with E-state index in [1.807, 2.05) is 60.0 Å². The zero-order valence-electron chi connectivity index (χ0n) is 20.0. The molecule has 4 nitrogen and oxygen atoms in total. The van der Waals surface area contributed by atoms with Gasteiger partial charge in [0.05, 0.1) is 0 Å². The van der Waals surface area contributed by atoms with Gasteiger partial charge < -0.3 is 8.42 Å². The standard InChI is InChI=1S/C31H20O4S3/c32-30-22-6-1-2-7-26(22)37(34)28-15-20(8-10-23(28)30)18-4-3-5-19(14-18)21-9-11-24-29(16-21)38(35)27-12-13-36-17-25(27)31(24)33/h1-12,14-15,17,22H,13,16H2/q-2. The maximum absolute atomic E-state index is 13.4. The van der Waals surface area contributed by atoms with Crippen molar-refractivity contribution in [3.8, 4) is 11.1 Å². The molecule has 2 aliphatic carbocycles. The average Bonchev–Trinajstić information content (AvgIpc) is 2.98. The highest BCUT2D eigenvalue weighted by atomic mass is 32.2. The summed E-state index contributed by atoms with van der Waals surface area (Å²) in [6.45, 7) is 0. The molecule has 3 heterocycles. The summed E-state index contributed by atoms with van der Waals surface area (Å²) in [6, 6.07) is 13.5. The van der Waals surface area contributed by atoms with Gasteiger partial charge in [-0.25, -0.2) is 20.8 Å². The lowest BCUT2D eigenvalue weighted by Gasteiger charge is -2.33. The van der Waals surface area contributed by atoms with Gasteiger partial charge in [0.15, 0.2) is 11.6 Å². The Morgan fingerprint density at radius 3 is 2.61 bits per heavy atom. The minimum absolute atomic E-state index is 0.0258. The van der Waals surface area contributed by atoms with Gasteiger partial charge in [0, 0.05) is 28.4 Å². The Morgan fingerprint density at radius 1 is 0.868 bits per heavy atom. The number of carbonyl (C=O) groups is 2. The fourth-order valence-electron chi connectivity index (χ4n) is 5.38. The van der Waals surface area contributed by atoms with Crippen molar-refractivity contribution in [3.63, 3.8) is 0 Å². The summed E-state index contributed by atoms with van der Waals surface area (Å²) in [7, 11) is -2.76. The number of rotatable bonds is 2. The smallest absolute Gasteiger partial charge is 0.190 e. The summed E-state index contributed by atoms with van der Waals surface area (Å²) in [4.78, 5) is 28.6. The summed E-state index contributed by atoms with van der Waals surface area (Å²) in [5.74, 6) is 0.186. The van der Waals surface area contributed by atoms with Crippen molar-refractivity contribution in [2.24, 2.45) is 5.92 Å². The summed E-state index contributed by atoms with van der Waals surface area (Å²) in [5.41, 5.74) is 5.36. The Labute approximate surface area is 228 Å². The maximum atomic E-state index is 13.4. The van der Waals surface area contributed by atoms with Gasteiger partial charge in [-0.05, 0) is 40.2 Å². The van der Waals surface area contributed by atoms with E-state index in [9.17, 15) is 18.0 Å². The molecule has 2 aromatic carbocycles. The van der Waals surface area contributed by atoms with Crippen LogP contribution < -0.4 is 0 Å². The number of Topliss-reactive ketones (excluding diaryl/α,β-unsaturated/α-hetero) is 2. The SMILES string of the molecule is O=C1C2=CSCC=C2[S-](=O)=C2CC(c3cccc(-c4ccc5c(c4)[S-](=O)=C4C=CC=CC4C5=O)c3)=CC=C12. The molecule has 38 heavy (non-hydrogen) atoms. The third-order valence-corrected chi connectivity index (χ3v) is 11.3. The Balaban J connectivity index is 1.27. The van der Waals surface area contributed by atoms with Crippen LogP contribution >= 0.6 is 11.8 Å². The molecule has 0 saturated carbocycles. The summed E-state index contributed by atoms with van der Waals surface area (Å²) < 4.78 is 26.7. The number of carbonyl (C=O) groups excluding carboxylic acids is 2. The summed E-state index contributed by atoms with van der Waals surface area (Å²) in [6.07, 6.45) is 13.3. The van der Waals surface area contributed by atoms with Crippen LogP contribution in [-0.4, -0.2) is 27.0 Å². The lowest BCUT2D eigenvalue weighted by Crippen LogP contribution is -2.29. The first kappa shape index (κ1) is 23.7. The topological polar surface area (TPSA) is 68.3 Å². The molecule has 0 saturated heterocycles. The maximum Gasteiger partial charge on any atom is 0.190 e. The molecule has 5 aliphatic rings. The molecule has 0 fully saturated rings. The van der Waals surface area contributed by atoms with Gasteiger partial charge >= 0.3 is 0 Å². The fraction of sp³-hybridized carbons (Fsp3) is 0.0968. The van der Waals surface area contributed by atoms with E-state index >= 15 is 0 Å². The molecule has 0 bridgehead atoms. The number of fused-ring (bicyclic) bond motifs is 4. The van der Waals surface area contributed by atoms with Crippen LogP contribution in [0.3, 0.4) is 0 Å². The van der Waals surface area contributed by atoms with Gasteiger partial charge in [-0.3, -0.25) is 9.59 Å². The second kappa shape index (κ2) is 9.12. The van der Waals surface area contributed by atoms with Crippen LogP contribution in [0.25, 0.3) is 16.7 Å². The second-order valence-electron chi connectivity index (χ2n) is 9.45. The average molecular weight is 553 g/mol. The highest BCUT2D eigenvalue weighted by molar-refractivity contribution is 8.02. The molecule has 2 aromatic rings. The van der Waals surface area contributed by atoms with Crippen LogP contribution in [0.15, 0.2) is 111 Å². The Kier molecular flexibility index (Phi) is 5.69. The molecule has 0 aromatic heterocycles. The highest BCUT2D eigenvalue weighted by Crippen LogP contribution is 2.37. The number of hydrogen-bond donors (Lipinski definition) is 0. The molecule has 188 valence electrons. The van der Waals surface area contributed by atoms with Crippen molar-refractivity contribution >= 4 is 59.4 Å². The number of allylic oxidation sites excluding steroid dienone is 9. The van der Waals surface area contributed by atoms with Crippen LogP contribution in [0.1, 0.15) is 22.3 Å². The lowest BCUT2D eigenvalue weighted by molar-refractivity contribution is -0.111. The quantitative estimate of drug-likeness (QED) is 0.351. The first-order chi connectivity index (χ1) is 18.5. The molecule has 7 rings (SSSR count). The van der Waals surface area contributed by atoms with E-state index in [1.54, 1.807) is 36.1 Å². The molecule has 3 aliphatic heterocycles. The van der Waals surface area contributed by atoms with E-state index < -0.39 is 26.7 Å². The van der Waals surface area contributed by atoms with E-state index in [4.69, 9.17) is 0 Å². The van der Waals surface area contributed by atoms with Crippen molar-refractivity contribution in [3.05, 3.63) is 118 Å². The molecule has 0 N–H and O–H groups in total. The predicted octanol–water partition coefficient (Wildman–Crippen LogP) is 5.73. The molecule has 7 heteroatoms. The number of benzene rings is 2. The highest BCUT2D eigenvalue weighted by Gasteiger charge is 2.27. The Hall–Kier alpha value is -3.39. The first-order valence-electron chi connectivity index (χ1n) is 12.2. The van der Waals surface area contributed by atoms with Crippen LogP contribution in [0.5, 0.6) is 0 Å². The van der Waals surface area contributed by atoms with Crippen molar-refractivity contribution in [2.75, 3.05) is 5.75 Å². The zero-order chi connectivity index (χ0) is 26.0. The second-order valence-corrected chi connectivity index (χ2v) is 13.3. The largest absolute Gasteiger partial charge is 0.457 e. The minimum Gasteiger partial charge on any atom is -0.457 e. The van der Waals surface area contributed by atoms with Gasteiger partial charge in [0.25, 0.3) is 0 Å². The van der Waals surface area contributed by atoms with E-state index in [2.05, 4.69) is 6.07 Å². The van der Waals surface area contributed by atoms with Crippen molar-refractivity contribution < 1.29 is 18.0 Å².